The molecular weight excluding hydrogens is 604 g/mol. The van der Waals surface area contributed by atoms with Crippen LogP contribution in [0.1, 0.15) is 66.1 Å². The molecule has 2 heterocycles. The van der Waals surface area contributed by atoms with Crippen LogP contribution in [0, 0.1) is 0 Å². The largest absolute Gasteiger partial charge is 0.508 e. The van der Waals surface area contributed by atoms with Crippen LogP contribution in [0.15, 0.2) is 60.7 Å². The van der Waals surface area contributed by atoms with Gasteiger partial charge in [0.1, 0.15) is 23.0 Å². The van der Waals surface area contributed by atoms with Gasteiger partial charge in [0.2, 0.25) is 5.82 Å². The second-order valence-corrected chi connectivity index (χ2v) is 11.7. The van der Waals surface area contributed by atoms with Crippen molar-refractivity contribution in [1.82, 2.24) is 29.9 Å². The maximum Gasteiger partial charge on any atom is 0.407 e. The third-order valence-corrected chi connectivity index (χ3v) is 8.24. The number of hydrogen-bond acceptors (Lipinski definition) is 8. The van der Waals surface area contributed by atoms with Crippen LogP contribution in [0.2, 0.25) is 0 Å². The lowest BCUT2D eigenvalue weighted by Gasteiger charge is -2.35. The number of aromatic nitrogens is 3. The Bertz CT molecular complexity index is 1760. The average molecular weight is 643 g/mol. The molecule has 3 aromatic carbocycles. The fourth-order valence-electron chi connectivity index (χ4n) is 5.59. The van der Waals surface area contributed by atoms with Gasteiger partial charge in [-0.25, -0.2) is 4.79 Å². The molecule has 1 aliphatic heterocycles. The highest BCUT2D eigenvalue weighted by Gasteiger charge is 2.28. The van der Waals surface area contributed by atoms with Gasteiger partial charge < -0.3 is 35.2 Å². The number of carboxylic acid groups (broad SMARTS) is 1. The van der Waals surface area contributed by atoms with E-state index < -0.39 is 12.0 Å². The Morgan fingerprint density at radius 1 is 0.957 bits per heavy atom. The summed E-state index contributed by atoms with van der Waals surface area (Å²) in [6, 6.07) is 16.5. The predicted octanol–water partition coefficient (Wildman–Crippen LogP) is 5.23. The summed E-state index contributed by atoms with van der Waals surface area (Å²) >= 11 is 0. The Kier molecular flexibility index (Phi) is 9.64. The van der Waals surface area contributed by atoms with Crippen molar-refractivity contribution in [3.63, 3.8) is 0 Å². The first-order chi connectivity index (χ1) is 22.5. The lowest BCUT2D eigenvalue weighted by atomic mass is 9.98. The zero-order valence-electron chi connectivity index (χ0n) is 26.7. The van der Waals surface area contributed by atoms with Crippen molar-refractivity contribution >= 4 is 17.9 Å². The van der Waals surface area contributed by atoms with Gasteiger partial charge in [-0.1, -0.05) is 13.8 Å². The highest BCUT2D eigenvalue weighted by molar-refractivity contribution is 5.94. The van der Waals surface area contributed by atoms with E-state index in [4.69, 9.17) is 4.74 Å². The Morgan fingerprint density at radius 3 is 2.15 bits per heavy atom. The van der Waals surface area contributed by atoms with Gasteiger partial charge in [0.25, 0.3) is 11.8 Å². The smallest absolute Gasteiger partial charge is 0.407 e. The SMILES string of the molecule is CCNC(=O)c1nnc(-c2cc(C(C)C)c(O)cc2O)n1-c1ccc(Oc2ccc(C(=O)N3CCC(N(C)C(=O)O)CC3)cc2)cc1. The van der Waals surface area contributed by atoms with Gasteiger partial charge in [0.05, 0.1) is 5.56 Å². The number of piperidine rings is 1. The zero-order valence-corrected chi connectivity index (χ0v) is 26.7. The summed E-state index contributed by atoms with van der Waals surface area (Å²) in [5.41, 5.74) is 1.96. The fourth-order valence-corrected chi connectivity index (χ4v) is 5.59. The van der Waals surface area contributed by atoms with Crippen molar-refractivity contribution < 1.29 is 34.4 Å². The normalized spacial score (nSPS) is 13.4. The molecule has 1 fully saturated rings. The van der Waals surface area contributed by atoms with Crippen LogP contribution in [0.5, 0.6) is 23.0 Å². The molecule has 13 heteroatoms. The van der Waals surface area contributed by atoms with E-state index in [0.717, 1.165) is 0 Å². The first-order valence-corrected chi connectivity index (χ1v) is 15.4. The standard InChI is InChI=1S/C34H38N6O7/c1-5-35-32(43)31-37-36-30(27-18-26(20(2)3)28(41)19-29(27)42)40(31)23-8-12-25(13-9-23)47-24-10-6-21(7-11-24)33(44)39-16-14-22(15-17-39)38(4)34(45)46/h6-13,18-20,22,41-42H,5,14-17H2,1-4H3,(H,35,43)(H,45,46). The summed E-state index contributed by atoms with van der Waals surface area (Å²) in [6.07, 6.45) is 0.201. The van der Waals surface area contributed by atoms with E-state index in [1.807, 2.05) is 13.8 Å². The zero-order chi connectivity index (χ0) is 33.8. The summed E-state index contributed by atoms with van der Waals surface area (Å²) in [7, 11) is 1.55. The molecule has 1 aromatic heterocycles. The molecule has 4 N–H and O–H groups in total. The van der Waals surface area contributed by atoms with Crippen LogP contribution < -0.4 is 10.1 Å². The molecule has 0 aliphatic carbocycles. The molecule has 0 radical (unpaired) electrons. The van der Waals surface area contributed by atoms with Crippen molar-refractivity contribution in [3.05, 3.63) is 77.6 Å². The van der Waals surface area contributed by atoms with Crippen molar-refractivity contribution in [2.45, 2.75) is 45.6 Å². The van der Waals surface area contributed by atoms with Crippen LogP contribution in [0.3, 0.4) is 0 Å². The monoisotopic (exact) mass is 642 g/mol. The summed E-state index contributed by atoms with van der Waals surface area (Å²) in [5.74, 6) is 0.403. The van der Waals surface area contributed by atoms with E-state index in [1.54, 1.807) is 73.5 Å². The van der Waals surface area contributed by atoms with Gasteiger partial charge in [0, 0.05) is 50.0 Å². The molecule has 246 valence electrons. The van der Waals surface area contributed by atoms with Gasteiger partial charge in [0.15, 0.2) is 5.82 Å². The third kappa shape index (κ3) is 6.98. The number of nitrogens with one attached hydrogen (secondary N) is 1. The number of carbonyl (C=O) groups is 3. The molecule has 0 bridgehead atoms. The summed E-state index contributed by atoms with van der Waals surface area (Å²) < 4.78 is 7.56. The average Bonchev–Trinajstić information content (AvgIpc) is 3.50. The molecule has 13 nitrogen and oxygen atoms in total. The van der Waals surface area contributed by atoms with Gasteiger partial charge in [-0.2, -0.15) is 0 Å². The minimum atomic E-state index is -0.970. The van der Waals surface area contributed by atoms with Crippen molar-refractivity contribution in [2.75, 3.05) is 26.7 Å². The number of phenols is 2. The molecule has 1 aliphatic rings. The van der Waals surface area contributed by atoms with E-state index in [1.165, 1.54) is 15.5 Å². The Labute approximate surface area is 272 Å². The first-order valence-electron chi connectivity index (χ1n) is 15.4. The molecule has 0 spiro atoms. The minimum Gasteiger partial charge on any atom is -0.508 e. The fraction of sp³-hybridized carbons (Fsp3) is 0.324. The number of phenolic OH excluding ortho intramolecular Hbond substituents is 2. The Morgan fingerprint density at radius 2 is 1.57 bits per heavy atom. The molecule has 47 heavy (non-hydrogen) atoms. The van der Waals surface area contributed by atoms with Crippen LogP contribution in [0.25, 0.3) is 17.1 Å². The topological polar surface area (TPSA) is 170 Å². The van der Waals surface area contributed by atoms with E-state index in [2.05, 4.69) is 15.5 Å². The third-order valence-electron chi connectivity index (χ3n) is 8.24. The number of rotatable bonds is 9. The lowest BCUT2D eigenvalue weighted by molar-refractivity contribution is 0.0644. The van der Waals surface area contributed by atoms with Crippen LogP contribution >= 0.6 is 0 Å². The summed E-state index contributed by atoms with van der Waals surface area (Å²) in [5, 5.41) is 41.4. The number of benzene rings is 3. The van der Waals surface area contributed by atoms with Crippen LogP contribution in [-0.4, -0.2) is 90.5 Å². The maximum absolute atomic E-state index is 13.1. The molecule has 0 saturated carbocycles. The predicted molar refractivity (Wildman–Crippen MR) is 173 cm³/mol. The van der Waals surface area contributed by atoms with E-state index >= 15 is 0 Å². The first kappa shape index (κ1) is 32.8. The van der Waals surface area contributed by atoms with Crippen molar-refractivity contribution in [1.29, 1.82) is 0 Å². The van der Waals surface area contributed by atoms with Crippen LogP contribution in [0.4, 0.5) is 4.79 Å². The molecule has 1 saturated heterocycles. The number of amides is 3. The molecule has 3 amide bonds. The number of carbonyl (C=O) groups excluding carboxylic acids is 2. The molecular formula is C34H38N6O7. The highest BCUT2D eigenvalue weighted by Crippen LogP contribution is 2.38. The quantitative estimate of drug-likeness (QED) is 0.191. The number of aromatic hydroxyl groups is 2. The summed E-state index contributed by atoms with van der Waals surface area (Å²) in [4.78, 5) is 40.3. The van der Waals surface area contributed by atoms with Gasteiger partial charge >= 0.3 is 6.09 Å². The van der Waals surface area contributed by atoms with Gasteiger partial charge in [-0.3, -0.25) is 14.2 Å². The van der Waals surface area contributed by atoms with E-state index in [-0.39, 0.29) is 41.0 Å². The summed E-state index contributed by atoms with van der Waals surface area (Å²) in [6.45, 7) is 6.96. The minimum absolute atomic E-state index is 0.0208. The van der Waals surface area contributed by atoms with Crippen molar-refractivity contribution in [2.24, 2.45) is 0 Å². The van der Waals surface area contributed by atoms with E-state index in [9.17, 15) is 29.7 Å². The number of hydrogen-bond donors (Lipinski definition) is 4. The Balaban J connectivity index is 1.34. The van der Waals surface area contributed by atoms with Gasteiger partial charge in [-0.15, -0.1) is 10.2 Å². The highest BCUT2D eigenvalue weighted by atomic mass is 16.5. The number of nitrogens with zero attached hydrogens (tertiary/aromatic N) is 5. The molecule has 0 atom stereocenters. The number of likely N-dealkylation sites (tertiary alicyclic amines) is 1. The second-order valence-electron chi connectivity index (χ2n) is 11.7. The van der Waals surface area contributed by atoms with Crippen molar-refractivity contribution in [3.8, 4) is 40.1 Å². The maximum atomic E-state index is 13.1. The lowest BCUT2D eigenvalue weighted by Crippen LogP contribution is -2.46. The van der Waals surface area contributed by atoms with Crippen LogP contribution in [-0.2, 0) is 0 Å². The molecule has 0 unspecified atom stereocenters. The second kappa shape index (κ2) is 13.8. The molecule has 4 aromatic rings. The Hall–Kier alpha value is -5.59. The molecule has 5 rings (SSSR count). The van der Waals surface area contributed by atoms with Gasteiger partial charge in [-0.05, 0) is 85.8 Å². The number of ether oxygens (including phenoxy) is 1. The van der Waals surface area contributed by atoms with E-state index in [0.29, 0.717) is 66.4 Å².